The van der Waals surface area contributed by atoms with Crippen LogP contribution in [0.3, 0.4) is 0 Å². The van der Waals surface area contributed by atoms with E-state index in [9.17, 15) is 8.78 Å². The fraction of sp³-hybridized carbons (Fsp3) is 0.632. The van der Waals surface area contributed by atoms with Gasteiger partial charge in [-0.3, -0.25) is 4.99 Å². The molecule has 0 amide bonds. The molecule has 1 aliphatic heterocycles. The summed E-state index contributed by atoms with van der Waals surface area (Å²) >= 11 is 0. The highest BCUT2D eigenvalue weighted by Crippen LogP contribution is 2.24. The van der Waals surface area contributed by atoms with Gasteiger partial charge in [-0.15, -0.1) is 24.0 Å². The minimum absolute atomic E-state index is 0. The predicted molar refractivity (Wildman–Crippen MR) is 121 cm³/mol. The Morgan fingerprint density at radius 2 is 2.14 bits per heavy atom. The van der Waals surface area contributed by atoms with Crippen molar-refractivity contribution in [1.82, 2.24) is 15.5 Å². The van der Waals surface area contributed by atoms with Gasteiger partial charge in [0.05, 0.1) is 18.8 Å². The number of benzene rings is 1. The molecule has 0 spiro atoms. The molecule has 6 nitrogen and oxygen atoms in total. The van der Waals surface area contributed by atoms with Crippen molar-refractivity contribution in [2.75, 3.05) is 64.9 Å². The van der Waals surface area contributed by atoms with Gasteiger partial charge in [0.25, 0.3) is 0 Å². The van der Waals surface area contributed by atoms with Crippen molar-refractivity contribution in [2.24, 2.45) is 4.99 Å². The number of nitrogens with one attached hydrogen (secondary N) is 2. The van der Waals surface area contributed by atoms with E-state index < -0.39 is 11.6 Å². The van der Waals surface area contributed by atoms with Crippen molar-refractivity contribution in [3.05, 3.63) is 29.8 Å². The number of hydrogen-bond acceptors (Lipinski definition) is 4. The monoisotopic (exact) mass is 511 g/mol. The standard InChI is InChI=1S/C19H31F2N5O.HI/c1-4-22-19(23-8-10-25(2)11-12-27-3)24-16-7-9-26(14-16)18-6-5-15(20)13-17(18)21;/h5-6,13,16H,4,7-12,14H2,1-3H3,(H2,22,23,24);1H. The maximum absolute atomic E-state index is 14.0. The lowest BCUT2D eigenvalue weighted by Gasteiger charge is -2.21. The van der Waals surface area contributed by atoms with Crippen LogP contribution in [0.4, 0.5) is 14.5 Å². The summed E-state index contributed by atoms with van der Waals surface area (Å²) in [4.78, 5) is 8.73. The van der Waals surface area contributed by atoms with Gasteiger partial charge in [0.1, 0.15) is 11.6 Å². The van der Waals surface area contributed by atoms with E-state index in [2.05, 4.69) is 20.5 Å². The first kappa shape index (κ1) is 24.8. The Balaban J connectivity index is 0.00000392. The minimum Gasteiger partial charge on any atom is -0.383 e. The van der Waals surface area contributed by atoms with Crippen LogP contribution in [0.2, 0.25) is 0 Å². The lowest BCUT2D eigenvalue weighted by molar-refractivity contribution is 0.163. The highest BCUT2D eigenvalue weighted by Gasteiger charge is 2.25. The third-order valence-corrected chi connectivity index (χ3v) is 4.55. The molecule has 1 unspecified atom stereocenters. The molecular formula is C19H32F2IN5O. The largest absolute Gasteiger partial charge is 0.383 e. The highest BCUT2D eigenvalue weighted by atomic mass is 127. The maximum atomic E-state index is 14.0. The van der Waals surface area contributed by atoms with Gasteiger partial charge in [0, 0.05) is 51.9 Å². The molecule has 2 rings (SSSR count). The van der Waals surface area contributed by atoms with Crippen LogP contribution < -0.4 is 15.5 Å². The molecule has 1 aliphatic rings. The Hall–Kier alpha value is -1.20. The second kappa shape index (κ2) is 13.1. The van der Waals surface area contributed by atoms with Crippen molar-refractivity contribution in [2.45, 2.75) is 19.4 Å². The van der Waals surface area contributed by atoms with Crippen molar-refractivity contribution >= 4 is 35.6 Å². The maximum Gasteiger partial charge on any atom is 0.191 e. The van der Waals surface area contributed by atoms with Gasteiger partial charge in [-0.1, -0.05) is 0 Å². The van der Waals surface area contributed by atoms with E-state index in [0.29, 0.717) is 25.4 Å². The molecule has 0 aromatic heterocycles. The molecule has 0 saturated carbocycles. The van der Waals surface area contributed by atoms with E-state index in [1.54, 1.807) is 7.11 Å². The van der Waals surface area contributed by atoms with Gasteiger partial charge >= 0.3 is 0 Å². The van der Waals surface area contributed by atoms with Gasteiger partial charge in [-0.2, -0.15) is 0 Å². The van der Waals surface area contributed by atoms with Crippen LogP contribution in [-0.2, 0) is 4.74 Å². The molecule has 160 valence electrons. The number of aliphatic imine (C=N–C) groups is 1. The van der Waals surface area contributed by atoms with Gasteiger partial charge < -0.3 is 25.2 Å². The Morgan fingerprint density at radius 1 is 1.36 bits per heavy atom. The molecule has 1 atom stereocenters. The zero-order valence-electron chi connectivity index (χ0n) is 16.9. The van der Waals surface area contributed by atoms with Gasteiger partial charge in [-0.25, -0.2) is 8.78 Å². The number of ether oxygens (including phenoxy) is 1. The fourth-order valence-corrected chi connectivity index (χ4v) is 3.04. The molecule has 9 heteroatoms. The second-order valence-corrected chi connectivity index (χ2v) is 6.73. The summed E-state index contributed by atoms with van der Waals surface area (Å²) in [7, 11) is 3.74. The summed E-state index contributed by atoms with van der Waals surface area (Å²) in [6.45, 7) is 7.27. The van der Waals surface area contributed by atoms with Crippen molar-refractivity contribution in [3.8, 4) is 0 Å². The van der Waals surface area contributed by atoms with Crippen LogP contribution in [0, 0.1) is 11.6 Å². The summed E-state index contributed by atoms with van der Waals surface area (Å²) in [6.07, 6.45) is 0.870. The molecule has 0 radical (unpaired) electrons. The lowest BCUT2D eigenvalue weighted by Crippen LogP contribution is -2.45. The van der Waals surface area contributed by atoms with Crippen LogP contribution in [0.15, 0.2) is 23.2 Å². The number of methoxy groups -OCH3 is 1. The SMILES string of the molecule is CCNC(=NCCN(C)CCOC)NC1CCN(c2ccc(F)cc2F)C1.I. The van der Waals surface area contributed by atoms with E-state index in [4.69, 9.17) is 4.74 Å². The second-order valence-electron chi connectivity index (χ2n) is 6.73. The van der Waals surface area contributed by atoms with Crippen molar-refractivity contribution in [3.63, 3.8) is 0 Å². The fourth-order valence-electron chi connectivity index (χ4n) is 3.04. The van der Waals surface area contributed by atoms with E-state index >= 15 is 0 Å². The van der Waals surface area contributed by atoms with Crippen LogP contribution in [-0.4, -0.2) is 76.9 Å². The van der Waals surface area contributed by atoms with Crippen LogP contribution >= 0.6 is 24.0 Å². The predicted octanol–water partition coefficient (Wildman–Crippen LogP) is 2.29. The number of anilines is 1. The quantitative estimate of drug-likeness (QED) is 0.303. The molecule has 28 heavy (non-hydrogen) atoms. The number of rotatable bonds is 9. The van der Waals surface area contributed by atoms with E-state index in [-0.39, 0.29) is 30.0 Å². The van der Waals surface area contributed by atoms with E-state index in [1.807, 2.05) is 18.9 Å². The number of hydrogen-bond donors (Lipinski definition) is 2. The topological polar surface area (TPSA) is 52.1 Å². The summed E-state index contributed by atoms with van der Waals surface area (Å²) in [5, 5.41) is 6.68. The van der Waals surface area contributed by atoms with Gasteiger partial charge in [-0.05, 0) is 32.5 Å². The third kappa shape index (κ3) is 8.04. The molecule has 1 heterocycles. The number of likely N-dealkylation sites (N-methyl/N-ethyl adjacent to an activating group) is 1. The van der Waals surface area contributed by atoms with Crippen molar-refractivity contribution < 1.29 is 13.5 Å². The van der Waals surface area contributed by atoms with E-state index in [1.165, 1.54) is 12.1 Å². The molecule has 0 bridgehead atoms. The summed E-state index contributed by atoms with van der Waals surface area (Å²) < 4.78 is 32.2. The summed E-state index contributed by atoms with van der Waals surface area (Å²) in [5.74, 6) is -0.304. The highest BCUT2D eigenvalue weighted by molar-refractivity contribution is 14.0. The third-order valence-electron chi connectivity index (χ3n) is 4.55. The molecule has 1 aromatic rings. The molecule has 2 N–H and O–H groups in total. The Morgan fingerprint density at radius 3 is 2.82 bits per heavy atom. The smallest absolute Gasteiger partial charge is 0.191 e. The first-order valence-electron chi connectivity index (χ1n) is 9.45. The molecule has 0 aliphatic carbocycles. The molecule has 1 fully saturated rings. The van der Waals surface area contributed by atoms with Crippen LogP contribution in [0.5, 0.6) is 0 Å². The average molecular weight is 511 g/mol. The lowest BCUT2D eigenvalue weighted by atomic mass is 10.2. The summed E-state index contributed by atoms with van der Waals surface area (Å²) in [6, 6.07) is 3.90. The minimum atomic E-state index is -0.554. The first-order valence-corrected chi connectivity index (χ1v) is 9.45. The van der Waals surface area contributed by atoms with Crippen molar-refractivity contribution in [1.29, 1.82) is 0 Å². The first-order chi connectivity index (χ1) is 13.0. The molecular weight excluding hydrogens is 479 g/mol. The van der Waals surface area contributed by atoms with Crippen LogP contribution in [0.25, 0.3) is 0 Å². The Bertz CT molecular complexity index is 620. The Labute approximate surface area is 183 Å². The average Bonchev–Trinajstić information content (AvgIpc) is 3.08. The summed E-state index contributed by atoms with van der Waals surface area (Å²) in [5.41, 5.74) is 0.447. The number of guanidine groups is 1. The van der Waals surface area contributed by atoms with Gasteiger partial charge in [0.2, 0.25) is 0 Å². The zero-order chi connectivity index (χ0) is 19.6. The Kier molecular flexibility index (Phi) is 11.6. The van der Waals surface area contributed by atoms with Gasteiger partial charge in [0.15, 0.2) is 5.96 Å². The number of nitrogens with zero attached hydrogens (tertiary/aromatic N) is 3. The number of halogens is 3. The molecule has 1 saturated heterocycles. The van der Waals surface area contributed by atoms with E-state index in [0.717, 1.165) is 44.6 Å². The van der Waals surface area contributed by atoms with Crippen LogP contribution in [0.1, 0.15) is 13.3 Å². The zero-order valence-corrected chi connectivity index (χ0v) is 19.2. The normalized spacial score (nSPS) is 17.0. The molecule has 1 aromatic carbocycles.